The normalized spacial score (nSPS) is 18.9. The van der Waals surface area contributed by atoms with Crippen LogP contribution < -0.4 is 26.5 Å². The molecule has 4 aromatic carbocycles. The molecular weight excluding hydrogens is 693 g/mol. The van der Waals surface area contributed by atoms with E-state index in [2.05, 4.69) is 24.3 Å². The predicted octanol–water partition coefficient (Wildman–Crippen LogP) is 2.31. The molecule has 2 aliphatic heterocycles. The van der Waals surface area contributed by atoms with Gasteiger partial charge in [-0.3, -0.25) is 22.9 Å². The van der Waals surface area contributed by atoms with Gasteiger partial charge in [-0.15, -0.1) is 0 Å². The lowest BCUT2D eigenvalue weighted by atomic mass is 9.92. The zero-order valence-corrected chi connectivity index (χ0v) is 28.0. The molecule has 260 valence electrons. The maximum Gasteiger partial charge on any atom is 0.238 e. The van der Waals surface area contributed by atoms with E-state index in [1.807, 2.05) is 26.0 Å². The first-order chi connectivity index (χ1) is 23.6. The monoisotopic (exact) mass is 720 g/mol. The third-order valence-electron chi connectivity index (χ3n) is 9.25. The van der Waals surface area contributed by atoms with Gasteiger partial charge in [0, 0.05) is 27.8 Å². The highest BCUT2D eigenvalue weighted by Gasteiger charge is 2.41. The van der Waals surface area contributed by atoms with Crippen LogP contribution in [-0.2, 0) is 38.8 Å². The van der Waals surface area contributed by atoms with Crippen molar-refractivity contribution in [3.05, 3.63) is 82.6 Å². The summed E-state index contributed by atoms with van der Waals surface area (Å²) in [4.78, 5) is 32.4. The molecular formula is C33H28N4O11S2-2. The summed E-state index contributed by atoms with van der Waals surface area (Å²) in [6, 6.07) is 16.5. The number of carbonyl (C=O) groups is 2. The third-order valence-corrected chi connectivity index (χ3v) is 10.1. The first kappa shape index (κ1) is 33.6. The number of anilines is 3. The van der Waals surface area contributed by atoms with E-state index < -0.39 is 62.7 Å². The molecule has 4 N–H and O–H groups in total. The van der Waals surface area contributed by atoms with E-state index in [9.17, 15) is 40.6 Å². The summed E-state index contributed by atoms with van der Waals surface area (Å²) < 4.78 is 76.5. The van der Waals surface area contributed by atoms with Crippen molar-refractivity contribution in [1.29, 1.82) is 0 Å². The molecule has 0 bridgehead atoms. The van der Waals surface area contributed by atoms with Gasteiger partial charge in [0.2, 0.25) is 32.4 Å². The van der Waals surface area contributed by atoms with Gasteiger partial charge in [0.15, 0.2) is 5.66 Å². The Labute approximate surface area is 285 Å². The van der Waals surface area contributed by atoms with Gasteiger partial charge in [-0.1, -0.05) is 50.2 Å². The van der Waals surface area contributed by atoms with E-state index in [1.54, 1.807) is 30.3 Å². The Hall–Kier alpha value is -4.91. The number of benzene rings is 4. The maximum atomic E-state index is 13.7. The van der Waals surface area contributed by atoms with Crippen molar-refractivity contribution in [3.63, 3.8) is 0 Å². The van der Waals surface area contributed by atoms with Gasteiger partial charge in [0.05, 0.1) is 16.5 Å². The summed E-state index contributed by atoms with van der Waals surface area (Å²) >= 11 is 0. The van der Waals surface area contributed by atoms with Crippen LogP contribution in [0, 0.1) is 0 Å². The molecule has 0 atom stereocenters. The number of Topliss-reactive ketones (excluding diaryl/α,β-unsaturated/α-hetero) is 2. The Bertz CT molecular complexity index is 2510. The number of allylic oxidation sites excluding steroid dienone is 2. The lowest BCUT2D eigenvalue weighted by molar-refractivity contribution is -0.129. The minimum Gasteiger partial charge on any atom is -0.726 e. The molecule has 50 heavy (non-hydrogen) atoms. The molecule has 0 spiro atoms. The highest BCUT2D eigenvalue weighted by atomic mass is 32.3. The topological polar surface area (TPSA) is 236 Å². The Morgan fingerprint density at radius 2 is 1.28 bits per heavy atom. The summed E-state index contributed by atoms with van der Waals surface area (Å²) in [5.74, 6) is -2.36. The fraction of sp³-hybridized carbons (Fsp3) is 0.242. The number of hydrogen-bond acceptors (Lipinski definition) is 15. The molecule has 0 unspecified atom stereocenters. The highest BCUT2D eigenvalue weighted by molar-refractivity contribution is 7.81. The van der Waals surface area contributed by atoms with E-state index in [4.69, 9.17) is 4.99 Å². The number of rotatable bonds is 9. The lowest BCUT2D eigenvalue weighted by Gasteiger charge is -2.41. The summed E-state index contributed by atoms with van der Waals surface area (Å²) in [6.45, 7) is 2.11. The van der Waals surface area contributed by atoms with Crippen molar-refractivity contribution in [1.82, 2.24) is 0 Å². The highest BCUT2D eigenvalue weighted by Crippen LogP contribution is 2.44. The molecule has 0 amide bonds. The van der Waals surface area contributed by atoms with Crippen molar-refractivity contribution >= 4 is 82.1 Å². The molecule has 0 radical (unpaired) electrons. The summed E-state index contributed by atoms with van der Waals surface area (Å²) in [5.41, 5.74) is -1.38. The number of hydrogen-bond donors (Lipinski definition) is 4. The average molecular weight is 721 g/mol. The van der Waals surface area contributed by atoms with E-state index >= 15 is 0 Å². The SMILES string of the molecule is CCC1(CC)N=c2cc/c(=C3\C(=O)C(=O)C(c4ccc5c6c(cccc46)NC(COS(=O)(=O)[O-])(COS(=O)(=O)[O-])N5)=C3O)c3cccc(c23)N1. The van der Waals surface area contributed by atoms with Gasteiger partial charge in [-0.2, -0.15) is 0 Å². The van der Waals surface area contributed by atoms with Gasteiger partial charge in [0.25, 0.3) is 0 Å². The van der Waals surface area contributed by atoms with Crippen LogP contribution in [-0.4, -0.2) is 67.2 Å². The van der Waals surface area contributed by atoms with E-state index in [1.165, 1.54) is 18.2 Å². The second-order valence-corrected chi connectivity index (χ2v) is 14.3. The van der Waals surface area contributed by atoms with E-state index in [-0.39, 0.29) is 28.1 Å². The van der Waals surface area contributed by atoms with Gasteiger partial charge >= 0.3 is 0 Å². The van der Waals surface area contributed by atoms with Crippen molar-refractivity contribution < 1.29 is 49.0 Å². The Kier molecular flexibility index (Phi) is 7.78. The molecule has 1 aliphatic carbocycles. The van der Waals surface area contributed by atoms with Crippen LogP contribution in [0.3, 0.4) is 0 Å². The third kappa shape index (κ3) is 5.57. The van der Waals surface area contributed by atoms with Crippen LogP contribution in [0.25, 0.3) is 32.7 Å². The number of carbonyl (C=O) groups excluding carboxylic acids is 2. The van der Waals surface area contributed by atoms with Gasteiger partial charge in [-0.05, 0) is 58.7 Å². The number of aliphatic hydroxyl groups excluding tert-OH is 1. The van der Waals surface area contributed by atoms with Gasteiger partial charge in [0.1, 0.15) is 24.6 Å². The van der Waals surface area contributed by atoms with Gasteiger partial charge in [-0.25, -0.2) is 16.8 Å². The van der Waals surface area contributed by atoms with Crippen LogP contribution >= 0.6 is 0 Å². The Morgan fingerprint density at radius 1 is 0.720 bits per heavy atom. The summed E-state index contributed by atoms with van der Waals surface area (Å²) in [5, 5.41) is 24.1. The standard InChI is InChI=1S/C33H30N4O11S2/c1-3-32(4-2)34-21-9-5-7-17-19(11-13-23(35-32)25(17)21)27-29(38)28(31(40)30(27)39)20-12-14-24-26-18(20)8-6-10-22(26)36-33(37-24,15-47-49(41,42)43)16-48-50(44,45)46/h5-14,34,36-38H,3-4,15-16H2,1-2H3,(H,41,42,43)(H,44,45,46)/p-2/b27-19+. The Balaban J connectivity index is 1.39. The van der Waals surface area contributed by atoms with Crippen molar-refractivity contribution in [3.8, 4) is 0 Å². The zero-order valence-electron chi connectivity index (χ0n) is 26.4. The second-order valence-electron chi connectivity index (χ2n) is 12.2. The fourth-order valence-electron chi connectivity index (χ4n) is 6.88. The molecule has 3 aliphatic rings. The largest absolute Gasteiger partial charge is 0.726 e. The summed E-state index contributed by atoms with van der Waals surface area (Å²) in [7, 11) is -10.5. The minimum absolute atomic E-state index is 0.167. The molecule has 0 fully saturated rings. The second kappa shape index (κ2) is 11.6. The fourth-order valence-corrected chi connectivity index (χ4v) is 7.57. The van der Waals surface area contributed by atoms with E-state index in [0.29, 0.717) is 21.4 Å². The summed E-state index contributed by atoms with van der Waals surface area (Å²) in [6.07, 6.45) is 1.48. The van der Waals surface area contributed by atoms with Crippen LogP contribution in [0.15, 0.2) is 71.4 Å². The van der Waals surface area contributed by atoms with Crippen LogP contribution in [0.5, 0.6) is 0 Å². The quantitative estimate of drug-likeness (QED) is 0.110. The smallest absolute Gasteiger partial charge is 0.238 e. The molecule has 15 nitrogen and oxygen atoms in total. The van der Waals surface area contributed by atoms with Crippen LogP contribution in [0.4, 0.5) is 17.1 Å². The average Bonchev–Trinajstić information content (AvgIpc) is 3.29. The van der Waals surface area contributed by atoms with E-state index in [0.717, 1.165) is 29.3 Å². The number of nitrogens with one attached hydrogen (secondary N) is 3. The van der Waals surface area contributed by atoms with Crippen molar-refractivity contribution in [2.24, 2.45) is 4.99 Å². The molecule has 0 saturated carbocycles. The van der Waals surface area contributed by atoms with Crippen molar-refractivity contribution in [2.45, 2.75) is 38.0 Å². The molecule has 2 heterocycles. The maximum absolute atomic E-state index is 13.7. The number of ketones is 2. The molecule has 0 aromatic heterocycles. The first-order valence-corrected chi connectivity index (χ1v) is 18.0. The van der Waals surface area contributed by atoms with Crippen LogP contribution in [0.2, 0.25) is 0 Å². The molecule has 0 saturated heterocycles. The predicted molar refractivity (Wildman–Crippen MR) is 180 cm³/mol. The zero-order chi connectivity index (χ0) is 35.8. The minimum atomic E-state index is -5.26. The lowest BCUT2D eigenvalue weighted by Crippen LogP contribution is -2.56. The van der Waals surface area contributed by atoms with Gasteiger partial charge < -0.3 is 30.2 Å². The number of aliphatic hydroxyl groups is 1. The van der Waals surface area contributed by atoms with Crippen LogP contribution in [0.1, 0.15) is 32.3 Å². The van der Waals surface area contributed by atoms with Crippen molar-refractivity contribution in [2.75, 3.05) is 29.2 Å². The Morgan fingerprint density at radius 3 is 1.88 bits per heavy atom. The molecule has 7 rings (SSSR count). The molecule has 4 aromatic rings. The number of nitrogens with zero attached hydrogens (tertiary/aromatic N) is 1. The first-order valence-electron chi connectivity index (χ1n) is 15.4. The molecule has 17 heteroatoms.